The molecule has 164 valence electrons. The minimum atomic E-state index is 1.08. The Kier molecular flexibility index (Phi) is 4.53. The van der Waals surface area contributed by atoms with Crippen LogP contribution in [-0.4, -0.2) is 0 Å². The van der Waals surface area contributed by atoms with Gasteiger partial charge in [0.15, 0.2) is 0 Å². The maximum atomic E-state index is 3.59. The Hall–Kier alpha value is -4.62. The molecule has 0 heterocycles. The van der Waals surface area contributed by atoms with Crippen LogP contribution in [0.4, 0.5) is 11.4 Å². The highest BCUT2D eigenvalue weighted by Crippen LogP contribution is 2.32. The Bertz CT molecular complexity index is 1860. The molecule has 0 saturated carbocycles. The second-order valence-electron chi connectivity index (χ2n) is 9.15. The van der Waals surface area contributed by atoms with E-state index in [4.69, 9.17) is 0 Å². The average molecular weight is 446 g/mol. The number of fused-ring (bicyclic) bond motifs is 6. The second kappa shape index (κ2) is 8.00. The molecule has 0 aromatic heterocycles. The van der Waals surface area contributed by atoms with Gasteiger partial charge in [-0.1, -0.05) is 103 Å². The van der Waals surface area contributed by atoms with Gasteiger partial charge in [0.25, 0.3) is 0 Å². The van der Waals surface area contributed by atoms with Gasteiger partial charge in [0, 0.05) is 11.4 Å². The van der Waals surface area contributed by atoms with Gasteiger partial charge in [0.1, 0.15) is 0 Å². The lowest BCUT2D eigenvalue weighted by Gasteiger charge is -2.11. The molecule has 35 heavy (non-hydrogen) atoms. The van der Waals surface area contributed by atoms with Gasteiger partial charge in [-0.3, -0.25) is 0 Å². The van der Waals surface area contributed by atoms with Crippen molar-refractivity contribution in [2.45, 2.75) is 0 Å². The van der Waals surface area contributed by atoms with E-state index in [1.807, 2.05) is 0 Å². The fraction of sp³-hybridized carbons (Fsp3) is 0. The van der Waals surface area contributed by atoms with Crippen molar-refractivity contribution in [3.05, 3.63) is 133 Å². The minimum Gasteiger partial charge on any atom is -0.356 e. The van der Waals surface area contributed by atoms with Crippen molar-refractivity contribution in [2.24, 2.45) is 0 Å². The molecule has 0 aliphatic rings. The van der Waals surface area contributed by atoms with E-state index in [0.717, 1.165) is 11.4 Å². The summed E-state index contributed by atoms with van der Waals surface area (Å²) in [4.78, 5) is 0. The molecule has 0 bridgehead atoms. The predicted molar refractivity (Wildman–Crippen MR) is 152 cm³/mol. The Morgan fingerprint density at radius 1 is 0.314 bits per heavy atom. The molecule has 0 radical (unpaired) electrons. The van der Waals surface area contributed by atoms with Crippen LogP contribution in [0.15, 0.2) is 133 Å². The zero-order chi connectivity index (χ0) is 23.2. The maximum absolute atomic E-state index is 3.59. The molecule has 1 N–H and O–H groups in total. The number of hydrogen-bond acceptors (Lipinski definition) is 1. The molecular formula is C34H23N. The lowest BCUT2D eigenvalue weighted by Crippen LogP contribution is -1.90. The van der Waals surface area contributed by atoms with Crippen LogP contribution in [0.3, 0.4) is 0 Å². The number of anilines is 2. The van der Waals surface area contributed by atoms with Crippen molar-refractivity contribution >= 4 is 54.5 Å². The molecule has 1 nitrogen and oxygen atoms in total. The third-order valence-corrected chi connectivity index (χ3v) is 7.00. The summed E-state index contributed by atoms with van der Waals surface area (Å²) in [5, 5.41) is 13.8. The Morgan fingerprint density at radius 3 is 1.43 bits per heavy atom. The van der Waals surface area contributed by atoms with Gasteiger partial charge >= 0.3 is 0 Å². The van der Waals surface area contributed by atoms with Gasteiger partial charge in [-0.2, -0.15) is 0 Å². The smallest absolute Gasteiger partial charge is 0.0390 e. The van der Waals surface area contributed by atoms with Gasteiger partial charge in [-0.25, -0.2) is 0 Å². The molecule has 1 heteroatoms. The maximum Gasteiger partial charge on any atom is 0.0390 e. The van der Waals surface area contributed by atoms with Crippen molar-refractivity contribution in [2.75, 3.05) is 5.32 Å². The van der Waals surface area contributed by atoms with Gasteiger partial charge in [-0.05, 0) is 84.5 Å². The van der Waals surface area contributed by atoms with Gasteiger partial charge in [-0.15, -0.1) is 0 Å². The summed E-state index contributed by atoms with van der Waals surface area (Å²) in [5.74, 6) is 0. The zero-order valence-corrected chi connectivity index (χ0v) is 19.2. The van der Waals surface area contributed by atoms with E-state index >= 15 is 0 Å². The monoisotopic (exact) mass is 445 g/mol. The van der Waals surface area contributed by atoms with Crippen LogP contribution >= 0.6 is 0 Å². The van der Waals surface area contributed by atoms with Gasteiger partial charge in [0.2, 0.25) is 0 Å². The molecule has 7 aromatic carbocycles. The first-order valence-electron chi connectivity index (χ1n) is 12.0. The quantitative estimate of drug-likeness (QED) is 0.267. The van der Waals surface area contributed by atoms with Crippen LogP contribution in [0.5, 0.6) is 0 Å². The first-order valence-corrected chi connectivity index (χ1v) is 12.0. The number of nitrogens with one attached hydrogen (secondary N) is 1. The number of rotatable bonds is 3. The molecule has 0 aliphatic carbocycles. The van der Waals surface area contributed by atoms with Crippen LogP contribution in [0.25, 0.3) is 54.2 Å². The third-order valence-electron chi connectivity index (χ3n) is 7.00. The van der Waals surface area contributed by atoms with Crippen molar-refractivity contribution < 1.29 is 0 Å². The van der Waals surface area contributed by atoms with Crippen LogP contribution < -0.4 is 5.32 Å². The normalized spacial score (nSPS) is 11.4. The fourth-order valence-corrected chi connectivity index (χ4v) is 5.17. The lowest BCUT2D eigenvalue weighted by molar-refractivity contribution is 1.56. The van der Waals surface area contributed by atoms with Gasteiger partial charge < -0.3 is 5.32 Å². The molecule has 0 atom stereocenters. The molecule has 0 aliphatic heterocycles. The van der Waals surface area contributed by atoms with E-state index in [2.05, 4.69) is 139 Å². The first kappa shape index (κ1) is 19.8. The molecule has 0 unspecified atom stereocenters. The van der Waals surface area contributed by atoms with Crippen molar-refractivity contribution in [1.29, 1.82) is 0 Å². The highest BCUT2D eigenvalue weighted by atomic mass is 14.9. The molecule has 0 saturated heterocycles. The van der Waals surface area contributed by atoms with Crippen LogP contribution in [0.2, 0.25) is 0 Å². The highest BCUT2D eigenvalue weighted by Gasteiger charge is 2.05. The summed E-state index contributed by atoms with van der Waals surface area (Å²) in [6.45, 7) is 0. The lowest BCUT2D eigenvalue weighted by atomic mass is 9.97. The van der Waals surface area contributed by atoms with Crippen molar-refractivity contribution in [3.8, 4) is 11.1 Å². The summed E-state index contributed by atoms with van der Waals surface area (Å²) in [5.41, 5.74) is 4.63. The van der Waals surface area contributed by atoms with Crippen LogP contribution in [0.1, 0.15) is 0 Å². The van der Waals surface area contributed by atoms with E-state index < -0.39 is 0 Å². The minimum absolute atomic E-state index is 1.08. The van der Waals surface area contributed by atoms with E-state index in [0.29, 0.717) is 0 Å². The topological polar surface area (TPSA) is 12.0 Å². The Balaban J connectivity index is 1.22. The number of hydrogen-bond donors (Lipinski definition) is 1. The predicted octanol–water partition coefficient (Wildman–Crippen LogP) is 9.71. The van der Waals surface area contributed by atoms with Crippen molar-refractivity contribution in [3.63, 3.8) is 0 Å². The molecular weight excluding hydrogens is 422 g/mol. The molecule has 0 fully saturated rings. The second-order valence-corrected chi connectivity index (χ2v) is 9.15. The number of benzene rings is 7. The third kappa shape index (κ3) is 3.50. The summed E-state index contributed by atoms with van der Waals surface area (Å²) < 4.78 is 0. The largest absolute Gasteiger partial charge is 0.356 e. The van der Waals surface area contributed by atoms with Crippen LogP contribution in [0, 0.1) is 0 Å². The van der Waals surface area contributed by atoms with E-state index in [1.165, 1.54) is 54.2 Å². The summed E-state index contributed by atoms with van der Waals surface area (Å²) in [6, 6.07) is 48.0. The Morgan fingerprint density at radius 2 is 0.771 bits per heavy atom. The SMILES string of the molecule is c1ccc2c(c1)ccc1ccc(Nc3ccc(-c4ccc5ccc6ccccc6c5c4)cc3)cc12. The molecule has 7 rings (SSSR count). The molecule has 0 spiro atoms. The summed E-state index contributed by atoms with van der Waals surface area (Å²) in [7, 11) is 0. The first-order chi connectivity index (χ1) is 17.3. The Labute approximate surface area is 204 Å². The van der Waals surface area contributed by atoms with Gasteiger partial charge in [0.05, 0.1) is 0 Å². The van der Waals surface area contributed by atoms with Crippen molar-refractivity contribution in [1.82, 2.24) is 0 Å². The highest BCUT2D eigenvalue weighted by molar-refractivity contribution is 6.09. The van der Waals surface area contributed by atoms with E-state index in [-0.39, 0.29) is 0 Å². The molecule has 0 amide bonds. The zero-order valence-electron chi connectivity index (χ0n) is 19.2. The molecule has 7 aromatic rings. The standard InChI is InChI=1S/C34H23N/c1-3-7-31-24(5-1)9-11-26-13-14-28(21-33(26)31)23-15-18-29(19-16-23)35-30-20-17-27-12-10-25-6-2-4-8-32(25)34(27)22-30/h1-22,35H. The van der Waals surface area contributed by atoms with E-state index in [9.17, 15) is 0 Å². The van der Waals surface area contributed by atoms with E-state index in [1.54, 1.807) is 0 Å². The average Bonchev–Trinajstić information content (AvgIpc) is 2.93. The van der Waals surface area contributed by atoms with Crippen LogP contribution in [-0.2, 0) is 0 Å². The fourth-order valence-electron chi connectivity index (χ4n) is 5.17. The summed E-state index contributed by atoms with van der Waals surface area (Å²) in [6.07, 6.45) is 0. The summed E-state index contributed by atoms with van der Waals surface area (Å²) >= 11 is 0.